The molecule has 0 radical (unpaired) electrons. The van der Waals surface area contributed by atoms with Gasteiger partial charge in [-0.15, -0.1) is 0 Å². The second-order valence-electron chi connectivity index (χ2n) is 4.13. The van der Waals surface area contributed by atoms with Crippen LogP contribution in [0.5, 0.6) is 0 Å². The molecule has 1 aromatic heterocycles. The van der Waals surface area contributed by atoms with Crippen LogP contribution in [-0.2, 0) is 6.42 Å². The van der Waals surface area contributed by atoms with Crippen molar-refractivity contribution in [2.24, 2.45) is 0 Å². The van der Waals surface area contributed by atoms with Gasteiger partial charge in [0.05, 0.1) is 5.92 Å². The van der Waals surface area contributed by atoms with E-state index < -0.39 is 0 Å². The van der Waals surface area contributed by atoms with Gasteiger partial charge in [0.15, 0.2) is 0 Å². The topological polar surface area (TPSA) is 64.9 Å². The Balaban J connectivity index is 2.04. The first-order valence-corrected chi connectivity index (χ1v) is 5.51. The minimum absolute atomic E-state index is 0.217. The maximum absolute atomic E-state index is 5.49. The lowest BCUT2D eigenvalue weighted by molar-refractivity contribution is 0.355. The summed E-state index contributed by atoms with van der Waals surface area (Å²) in [4.78, 5) is 4.13. The molecule has 3 rings (SSSR count). The SMILES string of the molecule is Nc1noc(C2CCCc3ccccc32)n1. The Morgan fingerprint density at radius 2 is 2.19 bits per heavy atom. The number of hydrogen-bond donors (Lipinski definition) is 1. The molecule has 0 saturated carbocycles. The fraction of sp³-hybridized carbons (Fsp3) is 0.333. The van der Waals surface area contributed by atoms with E-state index in [0.717, 1.165) is 19.3 Å². The third-order valence-electron chi connectivity index (χ3n) is 3.12. The van der Waals surface area contributed by atoms with Crippen LogP contribution >= 0.6 is 0 Å². The van der Waals surface area contributed by atoms with Gasteiger partial charge in [0, 0.05) is 0 Å². The number of anilines is 1. The molecule has 0 aliphatic heterocycles. The molecule has 1 atom stereocenters. The maximum atomic E-state index is 5.49. The average Bonchev–Trinajstić information content (AvgIpc) is 2.75. The third-order valence-corrected chi connectivity index (χ3v) is 3.12. The number of hydrogen-bond acceptors (Lipinski definition) is 4. The Morgan fingerprint density at radius 1 is 1.31 bits per heavy atom. The highest BCUT2D eigenvalue weighted by atomic mass is 16.5. The third kappa shape index (κ3) is 1.46. The minimum atomic E-state index is 0.217. The van der Waals surface area contributed by atoms with Gasteiger partial charge in [-0.2, -0.15) is 4.98 Å². The zero-order valence-electron chi connectivity index (χ0n) is 8.89. The van der Waals surface area contributed by atoms with Crippen LogP contribution in [0.1, 0.15) is 35.8 Å². The van der Waals surface area contributed by atoms with Crippen molar-refractivity contribution in [1.82, 2.24) is 10.1 Å². The Morgan fingerprint density at radius 3 is 3.00 bits per heavy atom. The molecule has 4 heteroatoms. The summed E-state index contributed by atoms with van der Waals surface area (Å²) in [5.41, 5.74) is 8.18. The first kappa shape index (κ1) is 9.39. The summed E-state index contributed by atoms with van der Waals surface area (Å²) in [6.45, 7) is 0. The maximum Gasteiger partial charge on any atom is 0.260 e. The summed E-state index contributed by atoms with van der Waals surface area (Å²) in [6, 6.07) is 8.43. The Bertz CT molecular complexity index is 506. The van der Waals surface area contributed by atoms with Crippen LogP contribution in [-0.4, -0.2) is 10.1 Å². The van der Waals surface area contributed by atoms with E-state index in [-0.39, 0.29) is 11.9 Å². The summed E-state index contributed by atoms with van der Waals surface area (Å²) in [5, 5.41) is 3.66. The van der Waals surface area contributed by atoms with Crippen LogP contribution in [0.2, 0.25) is 0 Å². The number of benzene rings is 1. The number of rotatable bonds is 1. The highest BCUT2D eigenvalue weighted by Crippen LogP contribution is 2.35. The summed E-state index contributed by atoms with van der Waals surface area (Å²) < 4.78 is 5.17. The van der Waals surface area contributed by atoms with Gasteiger partial charge >= 0.3 is 0 Å². The number of nitrogens with two attached hydrogens (primary N) is 1. The summed E-state index contributed by atoms with van der Waals surface area (Å²) in [7, 11) is 0. The van der Waals surface area contributed by atoms with Crippen molar-refractivity contribution in [1.29, 1.82) is 0 Å². The van der Waals surface area contributed by atoms with Crippen LogP contribution in [0.25, 0.3) is 0 Å². The van der Waals surface area contributed by atoms with Crippen molar-refractivity contribution in [2.45, 2.75) is 25.2 Å². The van der Waals surface area contributed by atoms with Gasteiger partial charge in [0.1, 0.15) is 0 Å². The molecule has 0 amide bonds. The molecule has 4 nitrogen and oxygen atoms in total. The van der Waals surface area contributed by atoms with E-state index in [1.54, 1.807) is 0 Å². The number of fused-ring (bicyclic) bond motifs is 1. The number of nitrogens with zero attached hydrogens (tertiary/aromatic N) is 2. The molecule has 1 aromatic carbocycles. The molecule has 1 aliphatic carbocycles. The molecule has 1 unspecified atom stereocenters. The fourth-order valence-corrected chi connectivity index (χ4v) is 2.40. The molecule has 2 N–H and O–H groups in total. The lowest BCUT2D eigenvalue weighted by atomic mass is 9.83. The average molecular weight is 215 g/mol. The molecular formula is C12H13N3O. The molecular weight excluding hydrogens is 202 g/mol. The largest absolute Gasteiger partial charge is 0.365 e. The highest BCUT2D eigenvalue weighted by Gasteiger charge is 2.25. The monoisotopic (exact) mass is 215 g/mol. The molecule has 82 valence electrons. The zero-order chi connectivity index (χ0) is 11.0. The van der Waals surface area contributed by atoms with Gasteiger partial charge in [-0.25, -0.2) is 0 Å². The van der Waals surface area contributed by atoms with Crippen LogP contribution in [0.3, 0.4) is 0 Å². The highest BCUT2D eigenvalue weighted by molar-refractivity contribution is 5.36. The molecule has 0 bridgehead atoms. The molecule has 0 fully saturated rings. The predicted molar refractivity (Wildman–Crippen MR) is 59.9 cm³/mol. The van der Waals surface area contributed by atoms with Crippen molar-refractivity contribution in [2.75, 3.05) is 5.73 Å². The van der Waals surface area contributed by atoms with Gasteiger partial charge in [0.2, 0.25) is 5.89 Å². The number of nitrogen functional groups attached to an aromatic ring is 1. The predicted octanol–water partition coefficient (Wildman–Crippen LogP) is 2.12. The smallest absolute Gasteiger partial charge is 0.260 e. The second kappa shape index (κ2) is 3.63. The Kier molecular flexibility index (Phi) is 2.13. The first-order valence-electron chi connectivity index (χ1n) is 5.51. The molecule has 1 heterocycles. The van der Waals surface area contributed by atoms with Gasteiger partial charge in [-0.05, 0) is 35.5 Å². The van der Waals surface area contributed by atoms with Gasteiger partial charge in [-0.1, -0.05) is 24.3 Å². The molecule has 1 aliphatic rings. The molecule has 0 saturated heterocycles. The van der Waals surface area contributed by atoms with E-state index in [1.165, 1.54) is 11.1 Å². The number of aromatic nitrogens is 2. The van der Waals surface area contributed by atoms with Gasteiger partial charge < -0.3 is 10.3 Å². The summed E-state index contributed by atoms with van der Waals surface area (Å²) in [6.07, 6.45) is 3.35. The van der Waals surface area contributed by atoms with Crippen LogP contribution in [0.4, 0.5) is 5.95 Å². The van der Waals surface area contributed by atoms with Crippen molar-refractivity contribution >= 4 is 5.95 Å². The van der Waals surface area contributed by atoms with E-state index in [0.29, 0.717) is 5.89 Å². The Labute approximate surface area is 93.5 Å². The quantitative estimate of drug-likeness (QED) is 0.791. The van der Waals surface area contributed by atoms with Crippen LogP contribution in [0, 0.1) is 0 Å². The number of aryl methyl sites for hydroxylation is 1. The normalized spacial score (nSPS) is 19.4. The van der Waals surface area contributed by atoms with E-state index in [1.807, 2.05) is 0 Å². The van der Waals surface area contributed by atoms with Crippen molar-refractivity contribution < 1.29 is 4.52 Å². The van der Waals surface area contributed by atoms with Gasteiger partial charge in [0.25, 0.3) is 5.95 Å². The van der Waals surface area contributed by atoms with Crippen LogP contribution < -0.4 is 5.73 Å². The second-order valence-corrected chi connectivity index (χ2v) is 4.13. The van der Waals surface area contributed by atoms with Gasteiger partial charge in [-0.3, -0.25) is 0 Å². The van der Waals surface area contributed by atoms with Crippen LogP contribution in [0.15, 0.2) is 28.8 Å². The van der Waals surface area contributed by atoms with Crippen molar-refractivity contribution in [3.63, 3.8) is 0 Å². The summed E-state index contributed by atoms with van der Waals surface area (Å²) >= 11 is 0. The molecule has 2 aromatic rings. The van der Waals surface area contributed by atoms with E-state index in [9.17, 15) is 0 Å². The minimum Gasteiger partial charge on any atom is -0.365 e. The zero-order valence-corrected chi connectivity index (χ0v) is 8.89. The lowest BCUT2D eigenvalue weighted by Crippen LogP contribution is -2.11. The fourth-order valence-electron chi connectivity index (χ4n) is 2.40. The Hall–Kier alpha value is -1.84. The first-order chi connectivity index (χ1) is 7.84. The molecule has 0 spiro atoms. The summed E-state index contributed by atoms with van der Waals surface area (Å²) in [5.74, 6) is 1.08. The van der Waals surface area contributed by atoms with E-state index in [2.05, 4.69) is 34.4 Å². The standard InChI is InChI=1S/C12H13N3O/c13-12-14-11(16-15-12)10-7-3-5-8-4-1-2-6-9(8)10/h1-2,4,6,10H,3,5,7H2,(H2,13,15). The van der Waals surface area contributed by atoms with E-state index in [4.69, 9.17) is 10.3 Å². The molecule has 16 heavy (non-hydrogen) atoms. The van der Waals surface area contributed by atoms with Crippen molar-refractivity contribution in [3.05, 3.63) is 41.3 Å². The lowest BCUT2D eigenvalue weighted by Gasteiger charge is -2.22. The van der Waals surface area contributed by atoms with E-state index >= 15 is 0 Å². The van der Waals surface area contributed by atoms with Crippen molar-refractivity contribution in [3.8, 4) is 0 Å².